The van der Waals surface area contributed by atoms with E-state index in [4.69, 9.17) is 4.42 Å². The highest BCUT2D eigenvalue weighted by Gasteiger charge is 2.30. The molecule has 1 fully saturated rings. The fourth-order valence-corrected chi connectivity index (χ4v) is 3.69. The highest BCUT2D eigenvalue weighted by atomic mass is 32.2. The number of benzene rings is 1. The van der Waals surface area contributed by atoms with Crippen molar-refractivity contribution in [2.75, 3.05) is 5.75 Å². The summed E-state index contributed by atoms with van der Waals surface area (Å²) in [6.45, 7) is 9.96. The van der Waals surface area contributed by atoms with E-state index in [0.717, 1.165) is 11.1 Å². The Bertz CT molecular complexity index is 922. The molecule has 1 amide bonds. The monoisotopic (exact) mass is 384 g/mol. The van der Waals surface area contributed by atoms with Crippen LogP contribution in [0.5, 0.6) is 0 Å². The number of carbonyl (C=O) groups excluding carboxylic acids is 2. The van der Waals surface area contributed by atoms with E-state index in [1.54, 1.807) is 17.2 Å². The highest BCUT2D eigenvalue weighted by Crippen LogP contribution is 2.32. The Morgan fingerprint density at radius 2 is 2.07 bits per heavy atom. The number of aryl methyl sites for hydroxylation is 2. The van der Waals surface area contributed by atoms with E-state index in [1.165, 1.54) is 17.3 Å². The maximum atomic E-state index is 12.3. The molecule has 0 atom stereocenters. The first kappa shape index (κ1) is 19.4. The molecule has 0 unspecified atom stereocenters. The minimum absolute atomic E-state index is 0.000761. The van der Waals surface area contributed by atoms with Crippen LogP contribution in [0.2, 0.25) is 0 Å². The molecule has 5 nitrogen and oxygen atoms in total. The van der Waals surface area contributed by atoms with Gasteiger partial charge in [0.2, 0.25) is 11.8 Å². The Hall–Kier alpha value is -2.34. The molecule has 2 heterocycles. The number of hydrogen-bond acceptors (Lipinski definition) is 5. The molecule has 0 aliphatic carbocycles. The van der Waals surface area contributed by atoms with Crippen LogP contribution in [-0.2, 0) is 16.1 Å². The Kier molecular flexibility index (Phi) is 5.29. The van der Waals surface area contributed by atoms with E-state index in [-0.39, 0.29) is 11.7 Å². The van der Waals surface area contributed by atoms with Crippen LogP contribution in [0.25, 0.3) is 11.5 Å². The van der Waals surface area contributed by atoms with E-state index < -0.39 is 5.41 Å². The van der Waals surface area contributed by atoms with Crippen molar-refractivity contribution in [2.24, 2.45) is 5.41 Å². The summed E-state index contributed by atoms with van der Waals surface area (Å²) in [5.74, 6) is 0.855. The molecule has 2 aromatic rings. The summed E-state index contributed by atoms with van der Waals surface area (Å²) >= 11 is 1.39. The fourth-order valence-electron chi connectivity index (χ4n) is 2.75. The predicted octanol–water partition coefficient (Wildman–Crippen LogP) is 4.49. The standard InChI is InChI=1S/C21H24N2O3S/c1-13-6-7-16(14(2)8-13)20-22-15(11-26-20)10-23-18(25)12-27-19(23)9-17(24)21(3,4)5/h6-9,11H,10,12H2,1-5H3. The molecule has 1 aromatic heterocycles. The van der Waals surface area contributed by atoms with Crippen molar-refractivity contribution in [3.05, 3.63) is 52.4 Å². The summed E-state index contributed by atoms with van der Waals surface area (Å²) in [5.41, 5.74) is 3.39. The molecule has 0 saturated carbocycles. The van der Waals surface area contributed by atoms with E-state index in [2.05, 4.69) is 11.1 Å². The van der Waals surface area contributed by atoms with Gasteiger partial charge in [-0.1, -0.05) is 50.2 Å². The third kappa shape index (κ3) is 4.33. The second kappa shape index (κ2) is 7.35. The van der Waals surface area contributed by atoms with Crippen LogP contribution >= 0.6 is 11.8 Å². The number of aromatic nitrogens is 1. The van der Waals surface area contributed by atoms with Gasteiger partial charge in [-0.25, -0.2) is 4.98 Å². The van der Waals surface area contributed by atoms with E-state index in [9.17, 15) is 9.59 Å². The first-order valence-electron chi connectivity index (χ1n) is 8.86. The summed E-state index contributed by atoms with van der Waals surface area (Å²) < 4.78 is 5.65. The van der Waals surface area contributed by atoms with Crippen molar-refractivity contribution in [1.29, 1.82) is 0 Å². The van der Waals surface area contributed by atoms with Crippen molar-refractivity contribution < 1.29 is 14.0 Å². The van der Waals surface area contributed by atoms with Gasteiger partial charge in [0.15, 0.2) is 5.78 Å². The van der Waals surface area contributed by atoms with Crippen LogP contribution in [0, 0.1) is 19.3 Å². The zero-order valence-electron chi connectivity index (χ0n) is 16.3. The molecule has 0 N–H and O–H groups in total. The Morgan fingerprint density at radius 1 is 1.33 bits per heavy atom. The predicted molar refractivity (Wildman–Crippen MR) is 107 cm³/mol. The number of nitrogens with zero attached hydrogens (tertiary/aromatic N) is 2. The lowest BCUT2D eigenvalue weighted by atomic mass is 9.91. The van der Waals surface area contributed by atoms with E-state index in [0.29, 0.717) is 28.9 Å². The summed E-state index contributed by atoms with van der Waals surface area (Å²) in [6.07, 6.45) is 3.15. The summed E-state index contributed by atoms with van der Waals surface area (Å²) in [4.78, 5) is 30.8. The number of hydrogen-bond donors (Lipinski definition) is 0. The zero-order chi connectivity index (χ0) is 19.8. The number of amides is 1. The molecule has 1 aliphatic heterocycles. The van der Waals surface area contributed by atoms with Gasteiger partial charge in [0, 0.05) is 17.1 Å². The molecule has 0 spiro atoms. The SMILES string of the molecule is Cc1ccc(-c2nc(CN3C(=O)CSC3=CC(=O)C(C)(C)C)co2)c(C)c1. The van der Waals surface area contributed by atoms with Gasteiger partial charge in [-0.05, 0) is 25.5 Å². The first-order chi connectivity index (χ1) is 12.6. The van der Waals surface area contributed by atoms with Crippen molar-refractivity contribution >= 4 is 23.5 Å². The van der Waals surface area contributed by atoms with Gasteiger partial charge in [0.05, 0.1) is 23.0 Å². The number of allylic oxidation sites excluding steroid dienone is 1. The van der Waals surface area contributed by atoms with Crippen molar-refractivity contribution in [1.82, 2.24) is 9.88 Å². The fraction of sp³-hybridized carbons (Fsp3) is 0.381. The molecule has 27 heavy (non-hydrogen) atoms. The lowest BCUT2D eigenvalue weighted by Gasteiger charge is -2.18. The van der Waals surface area contributed by atoms with Crippen molar-refractivity contribution in [2.45, 2.75) is 41.2 Å². The molecule has 1 saturated heterocycles. The largest absolute Gasteiger partial charge is 0.444 e. The Morgan fingerprint density at radius 3 is 2.74 bits per heavy atom. The molecule has 1 aliphatic rings. The van der Waals surface area contributed by atoms with E-state index >= 15 is 0 Å². The molecule has 0 radical (unpaired) electrons. The van der Waals surface area contributed by atoms with E-state index in [1.807, 2.05) is 46.8 Å². The van der Waals surface area contributed by atoms with Gasteiger partial charge < -0.3 is 4.42 Å². The minimum Gasteiger partial charge on any atom is -0.444 e. The summed E-state index contributed by atoms with van der Waals surface area (Å²) in [5, 5.41) is 0.677. The molecule has 0 bridgehead atoms. The maximum absolute atomic E-state index is 12.3. The minimum atomic E-state index is -0.477. The topological polar surface area (TPSA) is 63.4 Å². The first-order valence-corrected chi connectivity index (χ1v) is 9.85. The van der Waals surface area contributed by atoms with Gasteiger partial charge in [-0.15, -0.1) is 0 Å². The molecular formula is C21H24N2O3S. The van der Waals surface area contributed by atoms with Gasteiger partial charge >= 0.3 is 0 Å². The molecule has 142 valence electrons. The lowest BCUT2D eigenvalue weighted by molar-refractivity contribution is -0.125. The molecule has 3 rings (SSSR count). The third-order valence-electron chi connectivity index (χ3n) is 4.39. The molecule has 1 aromatic carbocycles. The van der Waals surface area contributed by atoms with Crippen LogP contribution < -0.4 is 0 Å². The maximum Gasteiger partial charge on any atom is 0.238 e. The number of rotatable bonds is 4. The van der Waals surface area contributed by atoms with Gasteiger partial charge in [0.25, 0.3) is 0 Å². The normalized spacial score (nSPS) is 16.4. The van der Waals surface area contributed by atoms with Crippen LogP contribution in [-0.4, -0.2) is 27.3 Å². The van der Waals surface area contributed by atoms with Crippen molar-refractivity contribution in [3.8, 4) is 11.5 Å². The van der Waals surface area contributed by atoms with Gasteiger partial charge in [-0.3, -0.25) is 14.5 Å². The number of thioether (sulfide) groups is 1. The lowest BCUT2D eigenvalue weighted by Crippen LogP contribution is -2.26. The average Bonchev–Trinajstić information content (AvgIpc) is 3.16. The Balaban J connectivity index is 1.82. The summed E-state index contributed by atoms with van der Waals surface area (Å²) in [7, 11) is 0. The molecule has 6 heteroatoms. The van der Waals surface area contributed by atoms with Crippen molar-refractivity contribution in [3.63, 3.8) is 0 Å². The van der Waals surface area contributed by atoms with Gasteiger partial charge in [0.1, 0.15) is 6.26 Å². The summed E-state index contributed by atoms with van der Waals surface area (Å²) in [6, 6.07) is 6.09. The number of oxazole rings is 1. The van der Waals surface area contributed by atoms with Crippen LogP contribution in [0.1, 0.15) is 37.6 Å². The van der Waals surface area contributed by atoms with Crippen LogP contribution in [0.4, 0.5) is 0 Å². The highest BCUT2D eigenvalue weighted by molar-refractivity contribution is 8.04. The second-order valence-electron chi connectivity index (χ2n) is 7.83. The zero-order valence-corrected chi connectivity index (χ0v) is 17.1. The average molecular weight is 385 g/mol. The number of ketones is 1. The number of carbonyl (C=O) groups is 2. The third-order valence-corrected chi connectivity index (χ3v) is 5.41. The van der Waals surface area contributed by atoms with Crippen LogP contribution in [0.3, 0.4) is 0 Å². The van der Waals surface area contributed by atoms with Crippen LogP contribution in [0.15, 0.2) is 40.0 Å². The smallest absolute Gasteiger partial charge is 0.238 e. The van der Waals surface area contributed by atoms with Gasteiger partial charge in [-0.2, -0.15) is 0 Å². The molecular weight excluding hydrogens is 360 g/mol. The second-order valence-corrected chi connectivity index (χ2v) is 8.82. The Labute approximate surface area is 163 Å². The quantitative estimate of drug-likeness (QED) is 0.727.